The molecule has 1 aromatic rings. The highest BCUT2D eigenvalue weighted by Crippen LogP contribution is 2.11. The maximum atomic E-state index is 5.93. The third-order valence-corrected chi connectivity index (χ3v) is 3.75. The molecule has 0 amide bonds. The van der Waals surface area contributed by atoms with Crippen molar-refractivity contribution in [3.05, 3.63) is 29.8 Å². The molecule has 110 valence electrons. The summed E-state index contributed by atoms with van der Waals surface area (Å²) in [6.07, 6.45) is 5.04. The van der Waals surface area contributed by atoms with Gasteiger partial charge in [-0.2, -0.15) is 0 Å². The van der Waals surface area contributed by atoms with Gasteiger partial charge in [0.05, 0.1) is 6.54 Å². The van der Waals surface area contributed by atoms with E-state index in [1.807, 2.05) is 12.1 Å². The summed E-state index contributed by atoms with van der Waals surface area (Å²) < 4.78 is 0. The zero-order chi connectivity index (χ0) is 14.2. The lowest BCUT2D eigenvalue weighted by Crippen LogP contribution is -2.32. The van der Waals surface area contributed by atoms with E-state index in [9.17, 15) is 0 Å². The van der Waals surface area contributed by atoms with Crippen LogP contribution in [0.15, 0.2) is 29.3 Å². The molecule has 1 fully saturated rings. The van der Waals surface area contributed by atoms with Gasteiger partial charge >= 0.3 is 0 Å². The fourth-order valence-corrected chi connectivity index (χ4v) is 2.55. The number of aliphatic imine (C=N–C) groups is 1. The van der Waals surface area contributed by atoms with Gasteiger partial charge in [0.2, 0.25) is 0 Å². The standard InChI is InChI=1S/C16H26N4/c1-2-14-7-6-8-15(13-14)19-16(17)18-9-12-20-10-4-3-5-11-20/h6-8,13H,2-5,9-12H2,1H3,(H3,17,18,19). The van der Waals surface area contributed by atoms with Gasteiger partial charge in [-0.05, 0) is 50.0 Å². The average molecular weight is 274 g/mol. The molecule has 0 aliphatic carbocycles. The van der Waals surface area contributed by atoms with Crippen LogP contribution < -0.4 is 11.1 Å². The molecule has 1 saturated heterocycles. The Morgan fingerprint density at radius 1 is 1.30 bits per heavy atom. The van der Waals surface area contributed by atoms with Crippen molar-refractivity contribution in [1.82, 2.24) is 4.90 Å². The highest BCUT2D eigenvalue weighted by Gasteiger charge is 2.08. The first-order chi connectivity index (χ1) is 9.78. The third-order valence-electron chi connectivity index (χ3n) is 3.75. The molecule has 0 bridgehead atoms. The number of likely N-dealkylation sites (tertiary alicyclic amines) is 1. The highest BCUT2D eigenvalue weighted by atomic mass is 15.2. The van der Waals surface area contributed by atoms with Crippen molar-refractivity contribution in [3.8, 4) is 0 Å². The van der Waals surface area contributed by atoms with Gasteiger partial charge in [-0.15, -0.1) is 0 Å². The van der Waals surface area contributed by atoms with E-state index < -0.39 is 0 Å². The fourth-order valence-electron chi connectivity index (χ4n) is 2.55. The number of aryl methyl sites for hydroxylation is 1. The molecule has 2 rings (SSSR count). The van der Waals surface area contributed by atoms with Crippen LogP contribution in [0.4, 0.5) is 5.69 Å². The molecule has 0 unspecified atom stereocenters. The molecule has 1 aromatic carbocycles. The lowest BCUT2D eigenvalue weighted by atomic mass is 10.1. The SMILES string of the molecule is CCc1cccc(NC(N)=NCCN2CCCCC2)c1. The van der Waals surface area contributed by atoms with Crippen molar-refractivity contribution in [2.45, 2.75) is 32.6 Å². The van der Waals surface area contributed by atoms with Crippen LogP contribution in [0, 0.1) is 0 Å². The second-order valence-corrected chi connectivity index (χ2v) is 5.35. The second-order valence-electron chi connectivity index (χ2n) is 5.35. The second kappa shape index (κ2) is 7.90. The molecule has 1 aliphatic rings. The number of nitrogens with two attached hydrogens (primary N) is 1. The van der Waals surface area contributed by atoms with Crippen molar-refractivity contribution in [3.63, 3.8) is 0 Å². The number of piperidine rings is 1. The maximum absolute atomic E-state index is 5.93. The van der Waals surface area contributed by atoms with Crippen molar-refractivity contribution in [2.24, 2.45) is 10.7 Å². The molecule has 4 heteroatoms. The number of hydrogen-bond donors (Lipinski definition) is 2. The van der Waals surface area contributed by atoms with Gasteiger partial charge in [-0.1, -0.05) is 25.5 Å². The first kappa shape index (κ1) is 14.9. The molecule has 0 radical (unpaired) electrons. The van der Waals surface area contributed by atoms with Gasteiger partial charge in [0, 0.05) is 12.2 Å². The molecule has 3 N–H and O–H groups in total. The van der Waals surface area contributed by atoms with Crippen molar-refractivity contribution >= 4 is 11.6 Å². The largest absolute Gasteiger partial charge is 0.370 e. The van der Waals surface area contributed by atoms with E-state index in [0.29, 0.717) is 5.96 Å². The molecule has 1 heterocycles. The van der Waals surface area contributed by atoms with Crippen LogP contribution in [0.1, 0.15) is 31.7 Å². The minimum absolute atomic E-state index is 0.510. The predicted octanol–water partition coefficient (Wildman–Crippen LogP) is 2.46. The number of rotatable bonds is 5. The maximum Gasteiger partial charge on any atom is 0.193 e. The number of nitrogens with one attached hydrogen (secondary N) is 1. The van der Waals surface area contributed by atoms with Gasteiger partial charge in [-0.3, -0.25) is 4.99 Å². The molecule has 0 spiro atoms. The lowest BCUT2D eigenvalue weighted by molar-refractivity contribution is 0.235. The van der Waals surface area contributed by atoms with E-state index in [4.69, 9.17) is 5.73 Å². The van der Waals surface area contributed by atoms with Crippen LogP contribution >= 0.6 is 0 Å². The van der Waals surface area contributed by atoms with Crippen LogP contribution in [-0.4, -0.2) is 37.0 Å². The van der Waals surface area contributed by atoms with Crippen molar-refractivity contribution in [1.29, 1.82) is 0 Å². The smallest absolute Gasteiger partial charge is 0.193 e. The third kappa shape index (κ3) is 4.85. The van der Waals surface area contributed by atoms with Crippen LogP contribution in [0.3, 0.4) is 0 Å². The summed E-state index contributed by atoms with van der Waals surface area (Å²) in [5.74, 6) is 0.510. The van der Waals surface area contributed by atoms with E-state index in [1.165, 1.54) is 37.9 Å². The van der Waals surface area contributed by atoms with Crippen molar-refractivity contribution in [2.75, 3.05) is 31.5 Å². The molecule has 0 aromatic heterocycles. The lowest BCUT2D eigenvalue weighted by Gasteiger charge is -2.25. The Hall–Kier alpha value is -1.55. The molecule has 4 nitrogen and oxygen atoms in total. The molecular formula is C16H26N4. The number of guanidine groups is 1. The van der Waals surface area contributed by atoms with Gasteiger partial charge in [0.15, 0.2) is 5.96 Å². The zero-order valence-electron chi connectivity index (χ0n) is 12.4. The number of nitrogens with zero attached hydrogens (tertiary/aromatic N) is 2. The highest BCUT2D eigenvalue weighted by molar-refractivity contribution is 5.92. The van der Waals surface area contributed by atoms with E-state index in [2.05, 4.69) is 34.3 Å². The van der Waals surface area contributed by atoms with E-state index in [-0.39, 0.29) is 0 Å². The number of hydrogen-bond acceptors (Lipinski definition) is 2. The van der Waals surface area contributed by atoms with Gasteiger partial charge in [-0.25, -0.2) is 0 Å². The summed E-state index contributed by atoms with van der Waals surface area (Å²) in [5.41, 5.74) is 8.25. The molecule has 20 heavy (non-hydrogen) atoms. The fraction of sp³-hybridized carbons (Fsp3) is 0.562. The summed E-state index contributed by atoms with van der Waals surface area (Å²) in [7, 11) is 0. The van der Waals surface area contributed by atoms with Gasteiger partial charge in [0.1, 0.15) is 0 Å². The molecule has 0 atom stereocenters. The Labute approximate surface area is 122 Å². The van der Waals surface area contributed by atoms with Crippen LogP contribution in [0.2, 0.25) is 0 Å². The first-order valence-corrected chi connectivity index (χ1v) is 7.66. The van der Waals surface area contributed by atoms with E-state index in [0.717, 1.165) is 25.2 Å². The van der Waals surface area contributed by atoms with Crippen molar-refractivity contribution < 1.29 is 0 Å². The summed E-state index contributed by atoms with van der Waals surface area (Å²) >= 11 is 0. The Morgan fingerprint density at radius 3 is 2.85 bits per heavy atom. The molecule has 1 aliphatic heterocycles. The van der Waals surface area contributed by atoms with Gasteiger partial charge < -0.3 is 16.0 Å². The summed E-state index contributed by atoms with van der Waals surface area (Å²) in [6, 6.07) is 8.30. The zero-order valence-corrected chi connectivity index (χ0v) is 12.4. The minimum Gasteiger partial charge on any atom is -0.370 e. The Balaban J connectivity index is 1.77. The Bertz CT molecular complexity index is 436. The summed E-state index contributed by atoms with van der Waals surface area (Å²) in [5, 5.41) is 3.16. The van der Waals surface area contributed by atoms with Crippen LogP contribution in [0.5, 0.6) is 0 Å². The molecular weight excluding hydrogens is 248 g/mol. The Morgan fingerprint density at radius 2 is 2.10 bits per heavy atom. The normalized spacial score (nSPS) is 17.1. The molecule has 0 saturated carbocycles. The van der Waals surface area contributed by atoms with Crippen LogP contribution in [-0.2, 0) is 6.42 Å². The minimum atomic E-state index is 0.510. The monoisotopic (exact) mass is 274 g/mol. The average Bonchev–Trinajstić information content (AvgIpc) is 2.48. The van der Waals surface area contributed by atoms with Crippen LogP contribution in [0.25, 0.3) is 0 Å². The predicted molar refractivity (Wildman–Crippen MR) is 86.2 cm³/mol. The van der Waals surface area contributed by atoms with E-state index in [1.54, 1.807) is 0 Å². The number of benzene rings is 1. The van der Waals surface area contributed by atoms with Gasteiger partial charge in [0.25, 0.3) is 0 Å². The summed E-state index contributed by atoms with van der Waals surface area (Å²) in [4.78, 5) is 6.88. The van der Waals surface area contributed by atoms with E-state index >= 15 is 0 Å². The quantitative estimate of drug-likeness (QED) is 0.640. The topological polar surface area (TPSA) is 53.6 Å². The number of anilines is 1. The summed E-state index contributed by atoms with van der Waals surface area (Å²) in [6.45, 7) is 6.35. The Kier molecular flexibility index (Phi) is 5.87. The first-order valence-electron chi connectivity index (χ1n) is 7.66.